The Morgan fingerprint density at radius 3 is 2.83 bits per heavy atom. The minimum Gasteiger partial charge on any atom is -0.377 e. The second-order valence-electron chi connectivity index (χ2n) is 3.61. The Labute approximate surface area is 74.1 Å². The van der Waals surface area contributed by atoms with Crippen LogP contribution in [0.4, 0.5) is 0 Å². The first-order valence-electron chi connectivity index (χ1n) is 4.92. The molecule has 2 rings (SSSR count). The maximum Gasteiger partial charge on any atom is 0.0702 e. The van der Waals surface area contributed by atoms with Crippen LogP contribution in [0.15, 0.2) is 0 Å². The molecule has 1 unspecified atom stereocenters. The molecular formula is C9H17N2O. The average molecular weight is 169 g/mol. The van der Waals surface area contributed by atoms with Gasteiger partial charge in [-0.1, -0.05) is 0 Å². The molecule has 1 radical (unpaired) electrons. The van der Waals surface area contributed by atoms with Crippen LogP contribution in [0.5, 0.6) is 0 Å². The number of hydrogen-bond donors (Lipinski definition) is 0. The van der Waals surface area contributed by atoms with Crippen molar-refractivity contribution >= 4 is 0 Å². The molecule has 2 saturated heterocycles. The topological polar surface area (TPSA) is 26.6 Å². The summed E-state index contributed by atoms with van der Waals surface area (Å²) in [5.41, 5.74) is 0. The summed E-state index contributed by atoms with van der Waals surface area (Å²) >= 11 is 0. The van der Waals surface area contributed by atoms with Crippen LogP contribution >= 0.6 is 0 Å². The molecule has 2 heterocycles. The van der Waals surface area contributed by atoms with Gasteiger partial charge in [-0.25, -0.2) is 5.32 Å². The third-order valence-electron chi connectivity index (χ3n) is 2.63. The fourth-order valence-corrected chi connectivity index (χ4v) is 1.91. The van der Waals surface area contributed by atoms with Gasteiger partial charge in [-0.15, -0.1) is 0 Å². The molecule has 2 aliphatic rings. The molecule has 69 valence electrons. The minimum atomic E-state index is 0.517. The Kier molecular flexibility index (Phi) is 2.98. The van der Waals surface area contributed by atoms with Crippen molar-refractivity contribution in [1.82, 2.24) is 10.2 Å². The maximum absolute atomic E-state index is 5.58. The Bertz CT molecular complexity index is 128. The van der Waals surface area contributed by atoms with Crippen molar-refractivity contribution in [2.45, 2.75) is 18.9 Å². The molecule has 0 aliphatic carbocycles. The molecule has 0 aromatic heterocycles. The first-order valence-corrected chi connectivity index (χ1v) is 4.92. The lowest BCUT2D eigenvalue weighted by molar-refractivity contribution is 0.0687. The molecule has 3 heteroatoms. The van der Waals surface area contributed by atoms with Gasteiger partial charge in [0, 0.05) is 39.3 Å². The fourth-order valence-electron chi connectivity index (χ4n) is 1.91. The maximum atomic E-state index is 5.58. The zero-order chi connectivity index (χ0) is 8.23. The smallest absolute Gasteiger partial charge is 0.0702 e. The van der Waals surface area contributed by atoms with Gasteiger partial charge in [0.2, 0.25) is 0 Å². The number of hydrogen-bond acceptors (Lipinski definition) is 2. The molecule has 0 saturated carbocycles. The zero-order valence-electron chi connectivity index (χ0n) is 7.54. The minimum absolute atomic E-state index is 0.517. The summed E-state index contributed by atoms with van der Waals surface area (Å²) in [6.07, 6.45) is 3.03. The quantitative estimate of drug-likeness (QED) is 0.585. The van der Waals surface area contributed by atoms with Gasteiger partial charge < -0.3 is 4.74 Å². The molecule has 0 spiro atoms. The monoisotopic (exact) mass is 169 g/mol. The molecule has 0 amide bonds. The Morgan fingerprint density at radius 1 is 1.33 bits per heavy atom. The van der Waals surface area contributed by atoms with E-state index in [1.807, 2.05) is 0 Å². The van der Waals surface area contributed by atoms with Crippen molar-refractivity contribution in [1.29, 1.82) is 0 Å². The molecule has 0 N–H and O–H groups in total. The van der Waals surface area contributed by atoms with Gasteiger partial charge in [-0.2, -0.15) is 0 Å². The lowest BCUT2D eigenvalue weighted by Crippen LogP contribution is -2.43. The third kappa shape index (κ3) is 2.19. The van der Waals surface area contributed by atoms with Crippen LogP contribution in [0.25, 0.3) is 0 Å². The molecule has 2 aliphatic heterocycles. The number of piperazine rings is 1. The zero-order valence-corrected chi connectivity index (χ0v) is 7.54. The van der Waals surface area contributed by atoms with Crippen molar-refractivity contribution in [2.75, 3.05) is 39.3 Å². The van der Waals surface area contributed by atoms with E-state index in [1.54, 1.807) is 0 Å². The lowest BCUT2D eigenvalue weighted by atomic mass is 10.2. The van der Waals surface area contributed by atoms with E-state index >= 15 is 0 Å². The number of nitrogens with zero attached hydrogens (tertiary/aromatic N) is 2. The first-order chi connectivity index (χ1) is 5.95. The SMILES string of the molecule is C1COC(CN2CC[N]CC2)C1. The lowest BCUT2D eigenvalue weighted by Gasteiger charge is -2.28. The number of rotatable bonds is 2. The molecule has 0 aromatic rings. The summed E-state index contributed by atoms with van der Waals surface area (Å²) in [7, 11) is 0. The van der Waals surface area contributed by atoms with Gasteiger partial charge in [0.1, 0.15) is 0 Å². The van der Waals surface area contributed by atoms with Crippen molar-refractivity contribution < 1.29 is 4.74 Å². The van der Waals surface area contributed by atoms with E-state index < -0.39 is 0 Å². The molecule has 12 heavy (non-hydrogen) atoms. The number of ether oxygens (including phenoxy) is 1. The highest BCUT2D eigenvalue weighted by Crippen LogP contribution is 2.13. The van der Waals surface area contributed by atoms with Gasteiger partial charge >= 0.3 is 0 Å². The summed E-state index contributed by atoms with van der Waals surface area (Å²) in [6, 6.07) is 0. The summed E-state index contributed by atoms with van der Waals surface area (Å²) in [4.78, 5) is 2.48. The summed E-state index contributed by atoms with van der Waals surface area (Å²) in [5, 5.41) is 4.32. The standard InChI is InChI=1S/C9H17N2O/c1-2-9(12-7-1)8-11-5-3-10-4-6-11/h9H,1-8H2. The highest BCUT2D eigenvalue weighted by Gasteiger charge is 2.20. The van der Waals surface area contributed by atoms with E-state index in [0.29, 0.717) is 6.10 Å². The van der Waals surface area contributed by atoms with Gasteiger partial charge in [0.05, 0.1) is 6.10 Å². The van der Waals surface area contributed by atoms with Gasteiger partial charge in [-0.3, -0.25) is 4.90 Å². The van der Waals surface area contributed by atoms with Crippen LogP contribution in [-0.4, -0.2) is 50.3 Å². The van der Waals surface area contributed by atoms with E-state index in [9.17, 15) is 0 Å². The molecule has 0 bridgehead atoms. The predicted octanol–water partition coefficient (Wildman–Crippen LogP) is 0.0854. The molecule has 0 aromatic carbocycles. The van der Waals surface area contributed by atoms with Crippen LogP contribution in [-0.2, 0) is 4.74 Å². The van der Waals surface area contributed by atoms with Crippen LogP contribution < -0.4 is 5.32 Å². The second kappa shape index (κ2) is 4.21. The van der Waals surface area contributed by atoms with E-state index in [2.05, 4.69) is 10.2 Å². The van der Waals surface area contributed by atoms with Crippen molar-refractivity contribution in [3.8, 4) is 0 Å². The predicted molar refractivity (Wildman–Crippen MR) is 47.3 cm³/mol. The van der Waals surface area contributed by atoms with Gasteiger partial charge in [0.25, 0.3) is 0 Å². The second-order valence-corrected chi connectivity index (χ2v) is 3.61. The van der Waals surface area contributed by atoms with Crippen LogP contribution in [0, 0.1) is 0 Å². The molecule has 2 fully saturated rings. The summed E-state index contributed by atoms with van der Waals surface area (Å²) < 4.78 is 5.58. The average Bonchev–Trinajstić information content (AvgIpc) is 2.59. The fraction of sp³-hybridized carbons (Fsp3) is 1.00. The summed E-state index contributed by atoms with van der Waals surface area (Å²) in [6.45, 7) is 6.43. The van der Waals surface area contributed by atoms with E-state index in [1.165, 1.54) is 12.8 Å². The van der Waals surface area contributed by atoms with Crippen molar-refractivity contribution in [2.24, 2.45) is 0 Å². The van der Waals surface area contributed by atoms with Gasteiger partial charge in [0.15, 0.2) is 0 Å². The van der Waals surface area contributed by atoms with Crippen LogP contribution in [0.1, 0.15) is 12.8 Å². The Balaban J connectivity index is 1.69. The highest BCUT2D eigenvalue weighted by atomic mass is 16.5. The van der Waals surface area contributed by atoms with Crippen LogP contribution in [0.3, 0.4) is 0 Å². The van der Waals surface area contributed by atoms with E-state index in [4.69, 9.17) is 4.74 Å². The van der Waals surface area contributed by atoms with E-state index in [0.717, 1.165) is 39.3 Å². The molecule has 1 atom stereocenters. The Morgan fingerprint density at radius 2 is 2.17 bits per heavy atom. The Hall–Kier alpha value is -0.120. The van der Waals surface area contributed by atoms with Crippen LogP contribution in [0.2, 0.25) is 0 Å². The summed E-state index contributed by atoms with van der Waals surface area (Å²) in [5.74, 6) is 0. The van der Waals surface area contributed by atoms with Crippen molar-refractivity contribution in [3.05, 3.63) is 0 Å². The largest absolute Gasteiger partial charge is 0.377 e. The highest BCUT2D eigenvalue weighted by molar-refractivity contribution is 4.74. The molecular weight excluding hydrogens is 152 g/mol. The first kappa shape index (κ1) is 8.48. The van der Waals surface area contributed by atoms with Crippen molar-refractivity contribution in [3.63, 3.8) is 0 Å². The van der Waals surface area contributed by atoms with Gasteiger partial charge in [-0.05, 0) is 12.8 Å². The normalized spacial score (nSPS) is 32.5. The third-order valence-corrected chi connectivity index (χ3v) is 2.63. The van der Waals surface area contributed by atoms with E-state index in [-0.39, 0.29) is 0 Å². The molecule has 3 nitrogen and oxygen atoms in total.